The molecule has 1 spiro atoms. The molecular formula is C17H25ClN2. The lowest BCUT2D eigenvalue weighted by Crippen LogP contribution is -2.47. The molecule has 2 heterocycles. The van der Waals surface area contributed by atoms with E-state index in [0.717, 1.165) is 11.6 Å². The molecule has 20 heavy (non-hydrogen) atoms. The SMILES string of the molecule is CCN1CC2(CCN(C(C)C)CC2)c2cc(Cl)ccc21. The van der Waals surface area contributed by atoms with Gasteiger partial charge in [-0.3, -0.25) is 0 Å². The summed E-state index contributed by atoms with van der Waals surface area (Å²) in [5, 5.41) is 0.882. The third kappa shape index (κ3) is 2.23. The highest BCUT2D eigenvalue weighted by molar-refractivity contribution is 6.30. The van der Waals surface area contributed by atoms with Gasteiger partial charge < -0.3 is 9.80 Å². The molecule has 110 valence electrons. The summed E-state index contributed by atoms with van der Waals surface area (Å²) in [6, 6.07) is 7.13. The minimum atomic E-state index is 0.335. The number of fused-ring (bicyclic) bond motifs is 2. The molecule has 0 amide bonds. The van der Waals surface area contributed by atoms with Crippen molar-refractivity contribution in [3.05, 3.63) is 28.8 Å². The number of nitrogens with zero attached hydrogens (tertiary/aromatic N) is 2. The molecular weight excluding hydrogens is 268 g/mol. The van der Waals surface area contributed by atoms with Gasteiger partial charge in [-0.05, 0) is 70.5 Å². The molecule has 3 heteroatoms. The van der Waals surface area contributed by atoms with Crippen LogP contribution in [0.25, 0.3) is 0 Å². The highest BCUT2D eigenvalue weighted by Gasteiger charge is 2.44. The molecule has 2 nitrogen and oxygen atoms in total. The van der Waals surface area contributed by atoms with E-state index in [9.17, 15) is 0 Å². The number of likely N-dealkylation sites (N-methyl/N-ethyl adjacent to an activating group) is 1. The Labute approximate surface area is 127 Å². The van der Waals surface area contributed by atoms with Gasteiger partial charge in [0.1, 0.15) is 0 Å². The molecule has 0 aromatic heterocycles. The quantitative estimate of drug-likeness (QED) is 0.815. The summed E-state index contributed by atoms with van der Waals surface area (Å²) in [5.74, 6) is 0. The van der Waals surface area contributed by atoms with Crippen LogP contribution in [-0.4, -0.2) is 37.1 Å². The van der Waals surface area contributed by atoms with E-state index in [1.165, 1.54) is 43.7 Å². The van der Waals surface area contributed by atoms with Gasteiger partial charge in [-0.25, -0.2) is 0 Å². The number of likely N-dealkylation sites (tertiary alicyclic amines) is 1. The van der Waals surface area contributed by atoms with E-state index < -0.39 is 0 Å². The van der Waals surface area contributed by atoms with E-state index in [1.54, 1.807) is 0 Å². The smallest absolute Gasteiger partial charge is 0.0410 e. The summed E-state index contributed by atoms with van der Waals surface area (Å²) in [4.78, 5) is 5.13. The van der Waals surface area contributed by atoms with Gasteiger partial charge in [-0.15, -0.1) is 0 Å². The van der Waals surface area contributed by atoms with Crippen molar-refractivity contribution in [3.8, 4) is 0 Å². The third-order valence-electron chi connectivity index (χ3n) is 5.23. The average Bonchev–Trinajstić information content (AvgIpc) is 2.73. The van der Waals surface area contributed by atoms with E-state index >= 15 is 0 Å². The van der Waals surface area contributed by atoms with Gasteiger partial charge in [0.2, 0.25) is 0 Å². The Morgan fingerprint density at radius 3 is 2.55 bits per heavy atom. The summed E-state index contributed by atoms with van der Waals surface area (Å²) in [6.45, 7) is 11.5. The lowest BCUT2D eigenvalue weighted by Gasteiger charge is -2.41. The normalized spacial score (nSPS) is 21.8. The standard InChI is InChI=1S/C17H25ClN2/c1-4-19-12-17(7-9-20(10-8-17)13(2)3)15-11-14(18)5-6-16(15)19/h5-6,11,13H,4,7-10,12H2,1-3H3. The Kier molecular flexibility index (Phi) is 3.72. The molecule has 1 aromatic carbocycles. The van der Waals surface area contributed by atoms with Crippen molar-refractivity contribution < 1.29 is 0 Å². The Bertz CT molecular complexity index is 490. The number of benzene rings is 1. The van der Waals surface area contributed by atoms with Crippen LogP contribution in [0.3, 0.4) is 0 Å². The predicted octanol–water partition coefficient (Wildman–Crippen LogP) is 3.92. The van der Waals surface area contributed by atoms with Gasteiger partial charge in [0.15, 0.2) is 0 Å². The Morgan fingerprint density at radius 1 is 1.25 bits per heavy atom. The fraction of sp³-hybridized carbons (Fsp3) is 0.647. The van der Waals surface area contributed by atoms with Crippen LogP contribution in [0.15, 0.2) is 18.2 Å². The fourth-order valence-corrected chi connectivity index (χ4v) is 4.09. The van der Waals surface area contributed by atoms with E-state index in [4.69, 9.17) is 11.6 Å². The van der Waals surface area contributed by atoms with Crippen molar-refractivity contribution in [1.29, 1.82) is 0 Å². The van der Waals surface area contributed by atoms with E-state index in [1.807, 2.05) is 6.07 Å². The molecule has 2 aliphatic rings. The van der Waals surface area contributed by atoms with Crippen molar-refractivity contribution in [1.82, 2.24) is 4.90 Å². The molecule has 1 aromatic rings. The van der Waals surface area contributed by atoms with Gasteiger partial charge >= 0.3 is 0 Å². The monoisotopic (exact) mass is 292 g/mol. The van der Waals surface area contributed by atoms with Gasteiger partial charge in [-0.2, -0.15) is 0 Å². The molecule has 0 atom stereocenters. The lowest BCUT2D eigenvalue weighted by atomic mass is 9.74. The second kappa shape index (κ2) is 5.23. The predicted molar refractivity (Wildman–Crippen MR) is 87.0 cm³/mol. The minimum absolute atomic E-state index is 0.335. The maximum absolute atomic E-state index is 6.27. The highest BCUT2D eigenvalue weighted by atomic mass is 35.5. The molecule has 1 fully saturated rings. The molecule has 0 saturated carbocycles. The molecule has 1 saturated heterocycles. The summed E-state index contributed by atoms with van der Waals surface area (Å²) in [6.07, 6.45) is 2.52. The number of halogens is 1. The first-order chi connectivity index (χ1) is 9.55. The number of hydrogen-bond donors (Lipinski definition) is 0. The second-order valence-electron chi connectivity index (χ2n) is 6.59. The zero-order valence-electron chi connectivity index (χ0n) is 12.8. The third-order valence-corrected chi connectivity index (χ3v) is 5.47. The summed E-state index contributed by atoms with van der Waals surface area (Å²) in [7, 11) is 0. The van der Waals surface area contributed by atoms with Crippen LogP contribution in [0.1, 0.15) is 39.2 Å². The van der Waals surface area contributed by atoms with E-state index in [2.05, 4.69) is 42.7 Å². The largest absolute Gasteiger partial charge is 0.371 e. The lowest BCUT2D eigenvalue weighted by molar-refractivity contribution is 0.135. The molecule has 0 aliphatic carbocycles. The Balaban J connectivity index is 1.91. The zero-order chi connectivity index (χ0) is 14.3. The van der Waals surface area contributed by atoms with Gasteiger partial charge in [0.25, 0.3) is 0 Å². The van der Waals surface area contributed by atoms with Crippen LogP contribution in [0, 0.1) is 0 Å². The first-order valence-corrected chi connectivity index (χ1v) is 8.22. The fourth-order valence-electron chi connectivity index (χ4n) is 3.92. The Hall–Kier alpha value is -0.730. The van der Waals surface area contributed by atoms with Gasteiger partial charge in [0.05, 0.1) is 0 Å². The second-order valence-corrected chi connectivity index (χ2v) is 7.02. The maximum Gasteiger partial charge on any atom is 0.0410 e. The van der Waals surface area contributed by atoms with Crippen LogP contribution >= 0.6 is 11.6 Å². The van der Waals surface area contributed by atoms with Crippen LogP contribution in [-0.2, 0) is 5.41 Å². The number of anilines is 1. The van der Waals surface area contributed by atoms with Crippen LogP contribution < -0.4 is 4.90 Å². The van der Waals surface area contributed by atoms with E-state index in [0.29, 0.717) is 11.5 Å². The molecule has 0 radical (unpaired) electrons. The van der Waals surface area contributed by atoms with Crippen LogP contribution in [0.2, 0.25) is 5.02 Å². The molecule has 0 N–H and O–H groups in total. The molecule has 2 aliphatic heterocycles. The van der Waals surface area contributed by atoms with Crippen molar-refractivity contribution in [3.63, 3.8) is 0 Å². The highest BCUT2D eigenvalue weighted by Crippen LogP contribution is 2.47. The van der Waals surface area contributed by atoms with E-state index in [-0.39, 0.29) is 0 Å². The van der Waals surface area contributed by atoms with Crippen molar-refractivity contribution in [2.75, 3.05) is 31.1 Å². The minimum Gasteiger partial charge on any atom is -0.371 e. The summed E-state index contributed by atoms with van der Waals surface area (Å²) in [5.41, 5.74) is 3.24. The average molecular weight is 293 g/mol. The first-order valence-electron chi connectivity index (χ1n) is 7.85. The summed E-state index contributed by atoms with van der Waals surface area (Å²) < 4.78 is 0. The number of hydrogen-bond acceptors (Lipinski definition) is 2. The first kappa shape index (κ1) is 14.2. The number of piperidine rings is 1. The van der Waals surface area contributed by atoms with Gasteiger partial charge in [-0.1, -0.05) is 11.6 Å². The van der Waals surface area contributed by atoms with Crippen molar-refractivity contribution in [2.24, 2.45) is 0 Å². The van der Waals surface area contributed by atoms with Crippen LogP contribution in [0.5, 0.6) is 0 Å². The maximum atomic E-state index is 6.27. The zero-order valence-corrected chi connectivity index (χ0v) is 13.6. The molecule has 3 rings (SSSR count). The Morgan fingerprint density at radius 2 is 1.95 bits per heavy atom. The van der Waals surface area contributed by atoms with Crippen LogP contribution in [0.4, 0.5) is 5.69 Å². The summed E-state index contributed by atoms with van der Waals surface area (Å²) >= 11 is 6.27. The number of rotatable bonds is 2. The molecule has 0 bridgehead atoms. The van der Waals surface area contributed by atoms with Gasteiger partial charge in [0, 0.05) is 35.3 Å². The van der Waals surface area contributed by atoms with Crippen molar-refractivity contribution in [2.45, 2.75) is 45.1 Å². The molecule has 0 unspecified atom stereocenters. The topological polar surface area (TPSA) is 6.48 Å². The van der Waals surface area contributed by atoms with Crippen molar-refractivity contribution >= 4 is 17.3 Å².